The van der Waals surface area contributed by atoms with Crippen LogP contribution in [0.3, 0.4) is 0 Å². The molecule has 7 heteroatoms. The fraction of sp³-hybridized carbons (Fsp3) is 0.316. The molecule has 1 aliphatic rings. The van der Waals surface area contributed by atoms with Crippen LogP contribution in [0.25, 0.3) is 21.3 Å². The van der Waals surface area contributed by atoms with Gasteiger partial charge in [0.25, 0.3) is 5.56 Å². The second kappa shape index (κ2) is 7.50. The highest BCUT2D eigenvalue weighted by molar-refractivity contribution is 8.23. The summed E-state index contributed by atoms with van der Waals surface area (Å²) in [6, 6.07) is 9.96. The molecule has 1 fully saturated rings. The second-order valence-electron chi connectivity index (χ2n) is 6.37. The Morgan fingerprint density at radius 3 is 2.77 bits per heavy atom. The Bertz CT molecular complexity index is 990. The highest BCUT2D eigenvalue weighted by atomic mass is 32.2. The van der Waals surface area contributed by atoms with Gasteiger partial charge in [-0.1, -0.05) is 54.3 Å². The summed E-state index contributed by atoms with van der Waals surface area (Å²) >= 11 is 8.67. The summed E-state index contributed by atoms with van der Waals surface area (Å²) in [6.07, 6.45) is 2.40. The van der Waals surface area contributed by atoms with Gasteiger partial charge in [0.05, 0.1) is 10.6 Å². The van der Waals surface area contributed by atoms with Crippen molar-refractivity contribution in [2.24, 2.45) is 0 Å². The molecule has 0 amide bonds. The maximum atomic E-state index is 12.8. The number of hydrogen-bond acceptors (Lipinski definition) is 5. The molecule has 4 rings (SSSR count). The van der Waals surface area contributed by atoms with Crippen LogP contribution in [0.1, 0.15) is 30.8 Å². The molecule has 0 radical (unpaired) electrons. The van der Waals surface area contributed by atoms with Crippen LogP contribution >= 0.6 is 35.3 Å². The summed E-state index contributed by atoms with van der Waals surface area (Å²) < 4.78 is 0.897. The molecule has 1 atom stereocenters. The monoisotopic (exact) mass is 401 g/mol. The van der Waals surface area contributed by atoms with Crippen molar-refractivity contribution in [1.29, 1.82) is 0 Å². The first kappa shape index (κ1) is 17.7. The minimum atomic E-state index is -0.0790. The van der Waals surface area contributed by atoms with Crippen LogP contribution in [0, 0.1) is 0 Å². The zero-order chi connectivity index (χ0) is 18.1. The lowest BCUT2D eigenvalue weighted by Gasteiger charge is -2.20. The summed E-state index contributed by atoms with van der Waals surface area (Å²) in [5, 5.41) is 2.70. The van der Waals surface area contributed by atoms with E-state index in [0.717, 1.165) is 33.4 Å². The fourth-order valence-electron chi connectivity index (χ4n) is 3.17. The summed E-state index contributed by atoms with van der Waals surface area (Å²) in [6.45, 7) is 4.11. The molecule has 0 saturated carbocycles. The van der Waals surface area contributed by atoms with Gasteiger partial charge in [0.15, 0.2) is 0 Å². The maximum Gasteiger partial charge on any atom is 0.260 e. The van der Waals surface area contributed by atoms with Crippen LogP contribution in [0.4, 0.5) is 0 Å². The largest absolute Gasteiger partial charge is 0.358 e. The van der Waals surface area contributed by atoms with Crippen molar-refractivity contribution in [2.45, 2.75) is 25.0 Å². The smallest absolute Gasteiger partial charge is 0.260 e. The Morgan fingerprint density at radius 2 is 2.04 bits per heavy atom. The average Bonchev–Trinajstić information content (AvgIpc) is 3.32. The fourth-order valence-corrected chi connectivity index (χ4v) is 5.60. The van der Waals surface area contributed by atoms with Gasteiger partial charge in [-0.25, -0.2) is 4.98 Å². The lowest BCUT2D eigenvalue weighted by Crippen LogP contribution is -2.24. The first-order chi connectivity index (χ1) is 12.6. The van der Waals surface area contributed by atoms with Crippen molar-refractivity contribution in [1.82, 2.24) is 14.9 Å². The van der Waals surface area contributed by atoms with E-state index in [2.05, 4.69) is 9.88 Å². The van der Waals surface area contributed by atoms with E-state index in [1.807, 2.05) is 42.6 Å². The quantitative estimate of drug-likeness (QED) is 0.637. The predicted molar refractivity (Wildman–Crippen MR) is 115 cm³/mol. The average molecular weight is 402 g/mol. The molecule has 1 N–H and O–H groups in total. The Hall–Kier alpha value is -1.70. The molecule has 3 aromatic rings. The van der Waals surface area contributed by atoms with Crippen LogP contribution in [0.5, 0.6) is 0 Å². The molecule has 4 nitrogen and oxygen atoms in total. The number of thiophene rings is 1. The summed E-state index contributed by atoms with van der Waals surface area (Å²) in [7, 11) is 0. The van der Waals surface area contributed by atoms with Gasteiger partial charge in [0.2, 0.25) is 0 Å². The van der Waals surface area contributed by atoms with E-state index in [4.69, 9.17) is 17.2 Å². The zero-order valence-corrected chi connectivity index (χ0v) is 16.8. The van der Waals surface area contributed by atoms with Crippen molar-refractivity contribution >= 4 is 49.9 Å². The van der Waals surface area contributed by atoms with E-state index in [1.165, 1.54) is 24.2 Å². The van der Waals surface area contributed by atoms with Crippen LogP contribution in [0.2, 0.25) is 0 Å². The number of likely N-dealkylation sites (tertiary alicyclic amines) is 1. The minimum Gasteiger partial charge on any atom is -0.358 e. The van der Waals surface area contributed by atoms with Crippen LogP contribution < -0.4 is 5.56 Å². The van der Waals surface area contributed by atoms with Gasteiger partial charge >= 0.3 is 0 Å². The zero-order valence-electron chi connectivity index (χ0n) is 14.4. The van der Waals surface area contributed by atoms with Gasteiger partial charge in [-0.05, 0) is 25.3 Å². The molecule has 0 unspecified atom stereocenters. The number of fused-ring (bicyclic) bond motifs is 1. The van der Waals surface area contributed by atoms with E-state index in [1.54, 1.807) is 11.8 Å². The van der Waals surface area contributed by atoms with Gasteiger partial charge in [-0.2, -0.15) is 0 Å². The molecular weight excluding hydrogens is 382 g/mol. The number of aromatic nitrogens is 2. The third-order valence-corrected chi connectivity index (χ3v) is 7.03. The molecular formula is C19H19N3OS3. The molecule has 3 heterocycles. The number of nitrogens with one attached hydrogen (secondary N) is 1. The summed E-state index contributed by atoms with van der Waals surface area (Å²) in [5.74, 6) is 0.690. The summed E-state index contributed by atoms with van der Waals surface area (Å²) in [5.41, 5.74) is 1.90. The Labute approximate surface area is 165 Å². The SMILES string of the molecule is C[C@H](SC(=S)N1CCCC1)c1nc2scc(-c3ccccc3)c2c(=O)[nH]1. The molecule has 0 spiro atoms. The number of thiocarbonyl (C=S) groups is 1. The molecule has 1 saturated heterocycles. The van der Waals surface area contributed by atoms with E-state index in [0.29, 0.717) is 11.2 Å². The van der Waals surface area contributed by atoms with Crippen LogP contribution in [-0.4, -0.2) is 32.3 Å². The van der Waals surface area contributed by atoms with Crippen molar-refractivity contribution in [2.75, 3.05) is 13.1 Å². The number of H-pyrrole nitrogens is 1. The first-order valence-electron chi connectivity index (χ1n) is 8.66. The van der Waals surface area contributed by atoms with Crippen LogP contribution in [-0.2, 0) is 0 Å². The van der Waals surface area contributed by atoms with Crippen molar-refractivity contribution in [3.8, 4) is 11.1 Å². The first-order valence-corrected chi connectivity index (χ1v) is 10.8. The Balaban J connectivity index is 1.63. The summed E-state index contributed by atoms with van der Waals surface area (Å²) in [4.78, 5) is 23.5. The van der Waals surface area contributed by atoms with E-state index >= 15 is 0 Å². The second-order valence-corrected chi connectivity index (χ2v) is 9.20. The van der Waals surface area contributed by atoms with Gasteiger partial charge in [0, 0.05) is 24.0 Å². The molecule has 134 valence electrons. The van der Waals surface area contributed by atoms with Gasteiger partial charge < -0.3 is 9.88 Å². The van der Waals surface area contributed by atoms with Gasteiger partial charge in [0.1, 0.15) is 15.0 Å². The van der Waals surface area contributed by atoms with Crippen molar-refractivity contribution < 1.29 is 0 Å². The number of aromatic amines is 1. The number of benzene rings is 1. The normalized spacial score (nSPS) is 15.5. The predicted octanol–water partition coefficient (Wildman–Crippen LogP) is 4.83. The molecule has 26 heavy (non-hydrogen) atoms. The lowest BCUT2D eigenvalue weighted by atomic mass is 10.1. The van der Waals surface area contributed by atoms with Crippen molar-refractivity contribution in [3.63, 3.8) is 0 Å². The Kier molecular flexibility index (Phi) is 5.11. The Morgan fingerprint density at radius 1 is 1.31 bits per heavy atom. The maximum absolute atomic E-state index is 12.8. The van der Waals surface area contributed by atoms with Crippen molar-refractivity contribution in [3.05, 3.63) is 51.9 Å². The molecule has 0 aliphatic carbocycles. The molecule has 1 aromatic carbocycles. The number of rotatable bonds is 3. The van der Waals surface area contributed by atoms with Crippen LogP contribution in [0.15, 0.2) is 40.5 Å². The topological polar surface area (TPSA) is 49.0 Å². The lowest BCUT2D eigenvalue weighted by molar-refractivity contribution is 0.539. The standard InChI is InChI=1S/C19H19N3OS3/c1-12(26-19(24)22-9-5-6-10-22)16-20-17(23)15-14(11-25-18(15)21-16)13-7-3-2-4-8-13/h2-4,7-8,11-12H,5-6,9-10H2,1H3,(H,20,21,23)/t12-/m0/s1. The third-order valence-electron chi connectivity index (χ3n) is 4.57. The van der Waals surface area contributed by atoms with Gasteiger partial charge in [-0.15, -0.1) is 11.3 Å². The highest BCUT2D eigenvalue weighted by Crippen LogP contribution is 2.33. The minimum absolute atomic E-state index is 0.0162. The number of thioether (sulfide) groups is 1. The molecule has 2 aromatic heterocycles. The highest BCUT2D eigenvalue weighted by Gasteiger charge is 2.21. The van der Waals surface area contributed by atoms with E-state index < -0.39 is 0 Å². The number of hydrogen-bond donors (Lipinski definition) is 1. The molecule has 0 bridgehead atoms. The third kappa shape index (κ3) is 3.43. The molecule has 1 aliphatic heterocycles. The van der Waals surface area contributed by atoms with Gasteiger partial charge in [-0.3, -0.25) is 4.79 Å². The van der Waals surface area contributed by atoms with E-state index in [-0.39, 0.29) is 10.8 Å². The van der Waals surface area contributed by atoms with E-state index in [9.17, 15) is 4.79 Å². The number of nitrogens with zero attached hydrogens (tertiary/aromatic N) is 2.